The van der Waals surface area contributed by atoms with Crippen LogP contribution in [0.4, 0.5) is 0 Å². The third kappa shape index (κ3) is 2.80. The number of ether oxygens (including phenoxy) is 1. The first-order chi connectivity index (χ1) is 7.22. The van der Waals surface area contributed by atoms with Crippen molar-refractivity contribution in [2.24, 2.45) is 0 Å². The van der Waals surface area contributed by atoms with E-state index >= 15 is 0 Å². The number of morpholine rings is 1. The lowest BCUT2D eigenvalue weighted by atomic mass is 9.79. The summed E-state index contributed by atoms with van der Waals surface area (Å²) in [5, 5.41) is 14.0. The third-order valence-electron chi connectivity index (χ3n) is 3.41. The molecule has 0 saturated carbocycles. The normalized spacial score (nSPS) is 40.1. The molecule has 2 atom stereocenters. The van der Waals surface area contributed by atoms with Gasteiger partial charge in [-0.25, -0.2) is 0 Å². The maximum atomic E-state index is 10.5. The zero-order valence-corrected chi connectivity index (χ0v) is 9.24. The zero-order chi connectivity index (χ0) is 10.7. The molecule has 3 nitrogen and oxygen atoms in total. The smallest absolute Gasteiger partial charge is 0.0679 e. The molecule has 0 aromatic carbocycles. The molecule has 0 aliphatic carbocycles. The van der Waals surface area contributed by atoms with E-state index in [0.29, 0.717) is 12.1 Å². The van der Waals surface area contributed by atoms with Crippen molar-refractivity contribution in [2.75, 3.05) is 13.2 Å². The van der Waals surface area contributed by atoms with Gasteiger partial charge in [-0.1, -0.05) is 6.08 Å². The van der Waals surface area contributed by atoms with Crippen LogP contribution in [0.2, 0.25) is 0 Å². The fraction of sp³-hybridized carbons (Fsp3) is 0.833. The van der Waals surface area contributed by atoms with Crippen LogP contribution < -0.4 is 5.32 Å². The summed E-state index contributed by atoms with van der Waals surface area (Å²) >= 11 is 0. The van der Waals surface area contributed by atoms with Crippen LogP contribution in [0.1, 0.15) is 32.1 Å². The first-order valence-corrected chi connectivity index (χ1v) is 5.89. The number of aliphatic hydroxyl groups is 1. The average molecular weight is 211 g/mol. The van der Waals surface area contributed by atoms with E-state index in [1.54, 1.807) is 0 Å². The highest BCUT2D eigenvalue weighted by Gasteiger charge is 2.40. The number of fused-ring (bicyclic) bond motifs is 2. The van der Waals surface area contributed by atoms with Crippen LogP contribution in [-0.4, -0.2) is 36.0 Å². The van der Waals surface area contributed by atoms with E-state index in [9.17, 15) is 5.11 Å². The molecule has 2 bridgehead atoms. The van der Waals surface area contributed by atoms with Crippen LogP contribution in [0.3, 0.4) is 0 Å². The van der Waals surface area contributed by atoms with Crippen molar-refractivity contribution in [1.29, 1.82) is 0 Å². The van der Waals surface area contributed by atoms with Gasteiger partial charge in [0.25, 0.3) is 0 Å². The van der Waals surface area contributed by atoms with E-state index in [1.165, 1.54) is 0 Å². The number of allylic oxidation sites excluding steroid dienone is 1. The molecule has 3 heteroatoms. The van der Waals surface area contributed by atoms with Crippen LogP contribution >= 0.6 is 0 Å². The summed E-state index contributed by atoms with van der Waals surface area (Å²) in [5.74, 6) is 0. The van der Waals surface area contributed by atoms with Crippen LogP contribution in [0.25, 0.3) is 0 Å². The van der Waals surface area contributed by atoms with Gasteiger partial charge in [0.15, 0.2) is 0 Å². The van der Waals surface area contributed by atoms with Gasteiger partial charge in [0, 0.05) is 12.1 Å². The standard InChI is InChI=1S/C12H21NO2/c1-2-3-4-5-12(14)6-10-8-15-9-11(7-12)13-10/h2,10-11,13-14H,1,3-9H2. The molecule has 0 spiro atoms. The molecule has 2 fully saturated rings. The molecule has 2 heterocycles. The Morgan fingerprint density at radius 1 is 1.40 bits per heavy atom. The number of hydrogen-bond donors (Lipinski definition) is 2. The highest BCUT2D eigenvalue weighted by molar-refractivity contribution is 4.97. The second kappa shape index (κ2) is 4.64. The molecule has 2 aliphatic rings. The van der Waals surface area contributed by atoms with E-state index in [2.05, 4.69) is 11.9 Å². The zero-order valence-electron chi connectivity index (χ0n) is 9.24. The van der Waals surface area contributed by atoms with E-state index < -0.39 is 5.60 Å². The first kappa shape index (κ1) is 11.1. The number of rotatable bonds is 4. The van der Waals surface area contributed by atoms with Crippen molar-refractivity contribution in [3.05, 3.63) is 12.7 Å². The number of hydrogen-bond acceptors (Lipinski definition) is 3. The molecule has 2 saturated heterocycles. The summed E-state index contributed by atoms with van der Waals surface area (Å²) in [6.07, 6.45) is 6.53. The van der Waals surface area contributed by atoms with Gasteiger partial charge in [-0.15, -0.1) is 6.58 Å². The van der Waals surface area contributed by atoms with Gasteiger partial charge < -0.3 is 15.2 Å². The van der Waals surface area contributed by atoms with Gasteiger partial charge in [-0.2, -0.15) is 0 Å². The second-order valence-corrected chi connectivity index (χ2v) is 4.91. The molecular formula is C12H21NO2. The fourth-order valence-electron chi connectivity index (χ4n) is 2.80. The minimum Gasteiger partial charge on any atom is -0.390 e. The summed E-state index contributed by atoms with van der Waals surface area (Å²) in [7, 11) is 0. The van der Waals surface area contributed by atoms with E-state index in [-0.39, 0.29) is 0 Å². The van der Waals surface area contributed by atoms with Crippen molar-refractivity contribution >= 4 is 0 Å². The Bertz CT molecular complexity index is 218. The predicted molar refractivity (Wildman–Crippen MR) is 59.8 cm³/mol. The summed E-state index contributed by atoms with van der Waals surface area (Å²) in [5.41, 5.74) is -0.465. The monoisotopic (exact) mass is 211 g/mol. The third-order valence-corrected chi connectivity index (χ3v) is 3.41. The summed E-state index contributed by atoms with van der Waals surface area (Å²) < 4.78 is 5.47. The van der Waals surface area contributed by atoms with Gasteiger partial charge in [0.1, 0.15) is 0 Å². The number of unbranched alkanes of at least 4 members (excludes halogenated alkanes) is 1. The first-order valence-electron chi connectivity index (χ1n) is 5.89. The lowest BCUT2D eigenvalue weighted by molar-refractivity contribution is -0.0805. The molecule has 0 aromatic rings. The molecule has 0 aromatic heterocycles. The van der Waals surface area contributed by atoms with Crippen LogP contribution in [0.5, 0.6) is 0 Å². The summed E-state index contributed by atoms with van der Waals surface area (Å²) in [6, 6.07) is 0.706. The Morgan fingerprint density at radius 3 is 2.67 bits per heavy atom. The topological polar surface area (TPSA) is 41.5 Å². The molecule has 2 rings (SSSR count). The van der Waals surface area contributed by atoms with Crippen LogP contribution in [0.15, 0.2) is 12.7 Å². The minimum atomic E-state index is -0.465. The Hall–Kier alpha value is -0.380. The SMILES string of the molecule is C=CCCCC1(O)CC2COCC(C1)N2. The van der Waals surface area contributed by atoms with Crippen molar-refractivity contribution in [3.8, 4) is 0 Å². The number of piperidine rings is 1. The maximum absolute atomic E-state index is 10.5. The molecule has 0 amide bonds. The van der Waals surface area contributed by atoms with Gasteiger partial charge >= 0.3 is 0 Å². The molecule has 86 valence electrons. The summed E-state index contributed by atoms with van der Waals surface area (Å²) in [4.78, 5) is 0. The largest absolute Gasteiger partial charge is 0.390 e. The Kier molecular flexibility index (Phi) is 3.44. The highest BCUT2D eigenvalue weighted by Crippen LogP contribution is 2.32. The van der Waals surface area contributed by atoms with E-state index in [0.717, 1.165) is 45.3 Å². The van der Waals surface area contributed by atoms with E-state index in [1.807, 2.05) is 6.08 Å². The van der Waals surface area contributed by atoms with Crippen molar-refractivity contribution < 1.29 is 9.84 Å². The molecule has 2 aliphatic heterocycles. The quantitative estimate of drug-likeness (QED) is 0.543. The van der Waals surface area contributed by atoms with Crippen molar-refractivity contribution in [2.45, 2.75) is 49.8 Å². The molecular weight excluding hydrogens is 190 g/mol. The van der Waals surface area contributed by atoms with Crippen LogP contribution in [-0.2, 0) is 4.74 Å². The lowest BCUT2D eigenvalue weighted by Gasteiger charge is -2.45. The lowest BCUT2D eigenvalue weighted by Crippen LogP contribution is -2.59. The maximum Gasteiger partial charge on any atom is 0.0679 e. The van der Waals surface area contributed by atoms with E-state index in [4.69, 9.17) is 4.74 Å². The number of nitrogens with one attached hydrogen (secondary N) is 1. The average Bonchev–Trinajstić information content (AvgIpc) is 2.17. The molecule has 15 heavy (non-hydrogen) atoms. The summed E-state index contributed by atoms with van der Waals surface area (Å²) in [6.45, 7) is 5.21. The molecule has 2 unspecified atom stereocenters. The van der Waals surface area contributed by atoms with Gasteiger partial charge in [0.2, 0.25) is 0 Å². The molecule has 0 radical (unpaired) electrons. The fourth-order valence-corrected chi connectivity index (χ4v) is 2.80. The molecule has 2 N–H and O–H groups in total. The Balaban J connectivity index is 1.87. The second-order valence-electron chi connectivity index (χ2n) is 4.91. The minimum absolute atomic E-state index is 0.353. The van der Waals surface area contributed by atoms with Crippen LogP contribution in [0, 0.1) is 0 Å². The highest BCUT2D eigenvalue weighted by atomic mass is 16.5. The predicted octanol–water partition coefficient (Wildman–Crippen LogP) is 1.22. The van der Waals surface area contributed by atoms with Gasteiger partial charge in [-0.3, -0.25) is 0 Å². The Labute approximate surface area is 91.5 Å². The Morgan fingerprint density at radius 2 is 2.07 bits per heavy atom. The van der Waals surface area contributed by atoms with Crippen molar-refractivity contribution in [1.82, 2.24) is 5.32 Å². The van der Waals surface area contributed by atoms with Gasteiger partial charge in [-0.05, 0) is 32.1 Å². The van der Waals surface area contributed by atoms with Crippen molar-refractivity contribution in [3.63, 3.8) is 0 Å². The van der Waals surface area contributed by atoms with Gasteiger partial charge in [0.05, 0.1) is 18.8 Å².